The van der Waals surface area contributed by atoms with Crippen LogP contribution in [0.5, 0.6) is 0 Å². The molecule has 0 saturated heterocycles. The van der Waals surface area contributed by atoms with Gasteiger partial charge in [-0.1, -0.05) is 6.07 Å². The summed E-state index contributed by atoms with van der Waals surface area (Å²) in [5.41, 5.74) is 6.65. The van der Waals surface area contributed by atoms with E-state index < -0.39 is 11.5 Å². The number of nitrogens with zero attached hydrogens (tertiary/aromatic N) is 1. The van der Waals surface area contributed by atoms with Crippen molar-refractivity contribution in [3.63, 3.8) is 0 Å². The summed E-state index contributed by atoms with van der Waals surface area (Å²) in [6, 6.07) is 3.79. The molecule has 0 amide bonds. The first-order chi connectivity index (χ1) is 6.68. The van der Waals surface area contributed by atoms with Gasteiger partial charge < -0.3 is 10.5 Å². The number of aryl methyl sites for hydroxylation is 1. The van der Waals surface area contributed by atoms with Crippen LogP contribution in [0.3, 0.4) is 0 Å². The van der Waals surface area contributed by atoms with Crippen molar-refractivity contribution in [2.24, 2.45) is 5.73 Å². The molecule has 2 N–H and O–H groups in total. The van der Waals surface area contributed by atoms with Crippen LogP contribution in [0.15, 0.2) is 18.3 Å². The molecule has 0 aliphatic heterocycles. The summed E-state index contributed by atoms with van der Waals surface area (Å²) in [5, 5.41) is 0. The number of aromatic nitrogens is 1. The summed E-state index contributed by atoms with van der Waals surface area (Å²) in [5.74, 6) is -0.407. The van der Waals surface area contributed by atoms with Gasteiger partial charge in [-0.2, -0.15) is 0 Å². The Labute approximate surface area is 82.1 Å². The Hall–Kier alpha value is -1.42. The van der Waals surface area contributed by atoms with E-state index in [9.17, 15) is 4.79 Å². The van der Waals surface area contributed by atoms with Crippen LogP contribution in [0.2, 0.25) is 0 Å². The third-order valence-corrected chi connectivity index (χ3v) is 2.65. The predicted octanol–water partition coefficient (Wildman–Crippen LogP) is 0.355. The molecule has 0 fully saturated rings. The Bertz CT molecular complexity index is 378. The molecule has 0 aromatic carbocycles. The van der Waals surface area contributed by atoms with Crippen LogP contribution < -0.4 is 5.73 Å². The number of fused-ring (bicyclic) bond motifs is 1. The number of rotatable bonds is 1. The zero-order valence-corrected chi connectivity index (χ0v) is 7.99. The van der Waals surface area contributed by atoms with Gasteiger partial charge in [0.15, 0.2) is 5.54 Å². The highest BCUT2D eigenvalue weighted by Crippen LogP contribution is 2.33. The van der Waals surface area contributed by atoms with Crippen LogP contribution in [0.1, 0.15) is 17.7 Å². The number of hydrogen-bond acceptors (Lipinski definition) is 4. The second-order valence-corrected chi connectivity index (χ2v) is 3.47. The Morgan fingerprint density at radius 1 is 1.71 bits per heavy atom. The molecule has 1 unspecified atom stereocenters. The fourth-order valence-electron chi connectivity index (χ4n) is 1.87. The van der Waals surface area contributed by atoms with Crippen molar-refractivity contribution in [2.75, 3.05) is 7.11 Å². The Morgan fingerprint density at radius 2 is 2.50 bits per heavy atom. The van der Waals surface area contributed by atoms with E-state index in [1.807, 2.05) is 12.1 Å². The van der Waals surface area contributed by atoms with Crippen LogP contribution in [-0.4, -0.2) is 18.1 Å². The second-order valence-electron chi connectivity index (χ2n) is 3.47. The topological polar surface area (TPSA) is 65.2 Å². The van der Waals surface area contributed by atoms with Crippen LogP contribution in [0, 0.1) is 0 Å². The highest BCUT2D eigenvalue weighted by Gasteiger charge is 2.44. The van der Waals surface area contributed by atoms with Crippen molar-refractivity contribution in [3.05, 3.63) is 29.6 Å². The number of nitrogens with two attached hydrogens (primary N) is 1. The number of methoxy groups -OCH3 is 1. The van der Waals surface area contributed by atoms with E-state index in [0.717, 1.165) is 12.0 Å². The van der Waals surface area contributed by atoms with Gasteiger partial charge in [0, 0.05) is 6.20 Å². The highest BCUT2D eigenvalue weighted by molar-refractivity contribution is 5.83. The maximum absolute atomic E-state index is 11.5. The molecule has 1 aliphatic carbocycles. The molecular weight excluding hydrogens is 180 g/mol. The quantitative estimate of drug-likeness (QED) is 0.652. The lowest BCUT2D eigenvalue weighted by atomic mass is 9.98. The lowest BCUT2D eigenvalue weighted by Gasteiger charge is -2.20. The minimum Gasteiger partial charge on any atom is -0.467 e. The Balaban J connectivity index is 2.47. The van der Waals surface area contributed by atoms with Crippen molar-refractivity contribution in [3.8, 4) is 0 Å². The Kier molecular flexibility index (Phi) is 2.00. The van der Waals surface area contributed by atoms with Gasteiger partial charge in [-0.25, -0.2) is 4.79 Å². The van der Waals surface area contributed by atoms with Crippen LogP contribution in [0.4, 0.5) is 0 Å². The zero-order chi connectivity index (χ0) is 10.2. The zero-order valence-electron chi connectivity index (χ0n) is 7.99. The van der Waals surface area contributed by atoms with Crippen molar-refractivity contribution in [1.82, 2.24) is 4.98 Å². The van der Waals surface area contributed by atoms with Crippen LogP contribution in [0.25, 0.3) is 0 Å². The molecule has 0 saturated carbocycles. The van der Waals surface area contributed by atoms with E-state index in [1.54, 1.807) is 6.20 Å². The molecule has 2 rings (SSSR count). The molecular formula is C10H12N2O2. The van der Waals surface area contributed by atoms with Gasteiger partial charge in [0.05, 0.1) is 12.8 Å². The molecule has 1 aromatic heterocycles. The van der Waals surface area contributed by atoms with Crippen molar-refractivity contribution < 1.29 is 9.53 Å². The number of hydrogen-bond donors (Lipinski definition) is 1. The maximum atomic E-state index is 11.5. The van der Waals surface area contributed by atoms with Gasteiger partial charge in [-0.15, -0.1) is 0 Å². The lowest BCUT2D eigenvalue weighted by molar-refractivity contribution is -0.147. The average Bonchev–Trinajstić information content (AvgIpc) is 2.58. The monoisotopic (exact) mass is 192 g/mol. The normalized spacial score (nSPS) is 24.4. The molecule has 1 heterocycles. The summed E-state index contributed by atoms with van der Waals surface area (Å²) in [6.07, 6.45) is 3.01. The molecule has 74 valence electrons. The molecule has 4 nitrogen and oxygen atoms in total. The second kappa shape index (κ2) is 3.06. The first kappa shape index (κ1) is 9.15. The highest BCUT2D eigenvalue weighted by atomic mass is 16.5. The molecule has 0 radical (unpaired) electrons. The standard InChI is InChI=1S/C10H12N2O2/c1-14-9(13)10(11)5-4-7-3-2-6-12-8(7)10/h2-3,6H,4-5,11H2,1H3. The largest absolute Gasteiger partial charge is 0.467 e. The van der Waals surface area contributed by atoms with Gasteiger partial charge in [0.2, 0.25) is 0 Å². The van der Waals surface area contributed by atoms with E-state index in [1.165, 1.54) is 7.11 Å². The smallest absolute Gasteiger partial charge is 0.332 e. The predicted molar refractivity (Wildman–Crippen MR) is 50.4 cm³/mol. The minimum atomic E-state index is -1.04. The summed E-state index contributed by atoms with van der Waals surface area (Å²) in [6.45, 7) is 0. The molecule has 0 spiro atoms. The van der Waals surface area contributed by atoms with E-state index in [0.29, 0.717) is 12.1 Å². The summed E-state index contributed by atoms with van der Waals surface area (Å²) in [4.78, 5) is 15.7. The Morgan fingerprint density at radius 3 is 3.21 bits per heavy atom. The third kappa shape index (κ3) is 1.11. The minimum absolute atomic E-state index is 0.407. The molecule has 1 aromatic rings. The summed E-state index contributed by atoms with van der Waals surface area (Å²) < 4.78 is 4.69. The number of pyridine rings is 1. The fraction of sp³-hybridized carbons (Fsp3) is 0.400. The van der Waals surface area contributed by atoms with Gasteiger partial charge in [-0.3, -0.25) is 4.98 Å². The number of carbonyl (C=O) groups excluding carboxylic acids is 1. The first-order valence-electron chi connectivity index (χ1n) is 4.50. The van der Waals surface area contributed by atoms with Crippen molar-refractivity contribution >= 4 is 5.97 Å². The van der Waals surface area contributed by atoms with Gasteiger partial charge in [0.1, 0.15) is 0 Å². The fourth-order valence-corrected chi connectivity index (χ4v) is 1.87. The van der Waals surface area contributed by atoms with Crippen LogP contribution >= 0.6 is 0 Å². The lowest BCUT2D eigenvalue weighted by Crippen LogP contribution is -2.44. The molecule has 0 bridgehead atoms. The van der Waals surface area contributed by atoms with E-state index in [4.69, 9.17) is 10.5 Å². The SMILES string of the molecule is COC(=O)C1(N)CCc2cccnc21. The summed E-state index contributed by atoms with van der Waals surface area (Å²) >= 11 is 0. The molecule has 1 atom stereocenters. The van der Waals surface area contributed by atoms with Crippen molar-refractivity contribution in [2.45, 2.75) is 18.4 Å². The van der Waals surface area contributed by atoms with Gasteiger partial charge in [-0.05, 0) is 24.5 Å². The molecule has 4 heteroatoms. The number of esters is 1. The van der Waals surface area contributed by atoms with E-state index >= 15 is 0 Å². The van der Waals surface area contributed by atoms with Gasteiger partial charge in [0.25, 0.3) is 0 Å². The molecule has 1 aliphatic rings. The first-order valence-corrected chi connectivity index (χ1v) is 4.50. The maximum Gasteiger partial charge on any atom is 0.332 e. The van der Waals surface area contributed by atoms with E-state index in [-0.39, 0.29) is 0 Å². The van der Waals surface area contributed by atoms with Crippen LogP contribution in [-0.2, 0) is 21.5 Å². The molecule has 14 heavy (non-hydrogen) atoms. The third-order valence-electron chi connectivity index (χ3n) is 2.65. The number of ether oxygens (including phenoxy) is 1. The average molecular weight is 192 g/mol. The summed E-state index contributed by atoms with van der Waals surface area (Å²) in [7, 11) is 1.35. The van der Waals surface area contributed by atoms with E-state index in [2.05, 4.69) is 4.98 Å². The number of carbonyl (C=O) groups is 1. The van der Waals surface area contributed by atoms with Crippen molar-refractivity contribution in [1.29, 1.82) is 0 Å². The van der Waals surface area contributed by atoms with Gasteiger partial charge >= 0.3 is 5.97 Å².